The molecule has 0 amide bonds. The highest BCUT2D eigenvalue weighted by Gasteiger charge is 2.17. The van der Waals surface area contributed by atoms with Gasteiger partial charge in [-0.1, -0.05) is 214 Å². The number of ether oxygens (including phenoxy) is 1. The van der Waals surface area contributed by atoms with Crippen LogP contribution < -0.4 is 4.74 Å². The topological polar surface area (TPSA) is 9.23 Å². The van der Waals surface area contributed by atoms with Gasteiger partial charge in [0.25, 0.3) is 0 Å². The van der Waals surface area contributed by atoms with E-state index in [0.717, 1.165) is 24.3 Å². The van der Waals surface area contributed by atoms with Crippen molar-refractivity contribution >= 4 is 0 Å². The SMILES string of the molecule is CCCCCCCCCCCCc1cccc(Oc2cccc(CCCCCCCCCCCC)c2-c2ccccc2)c1-c1ccccc1. The van der Waals surface area contributed by atoms with Crippen LogP contribution >= 0.6 is 0 Å². The summed E-state index contributed by atoms with van der Waals surface area (Å²) in [6, 6.07) is 35.2. The molecule has 0 aromatic heterocycles. The quantitative estimate of drug-likeness (QED) is 0.0610. The van der Waals surface area contributed by atoms with Gasteiger partial charge in [0.1, 0.15) is 11.5 Å². The lowest BCUT2D eigenvalue weighted by Gasteiger charge is -2.20. The molecule has 0 radical (unpaired) electrons. The van der Waals surface area contributed by atoms with Crippen molar-refractivity contribution in [2.45, 2.75) is 155 Å². The minimum absolute atomic E-state index is 0.962. The Morgan fingerprint density at radius 2 is 0.653 bits per heavy atom. The number of unbranched alkanes of at least 4 members (excludes halogenated alkanes) is 18. The molecule has 0 fully saturated rings. The van der Waals surface area contributed by atoms with Crippen molar-refractivity contribution in [3.63, 3.8) is 0 Å². The maximum Gasteiger partial charge on any atom is 0.135 e. The fraction of sp³-hybridized carbons (Fsp3) is 0.500. The Balaban J connectivity index is 1.44. The molecule has 0 aliphatic heterocycles. The number of hydrogen-bond donors (Lipinski definition) is 0. The van der Waals surface area contributed by atoms with E-state index in [4.69, 9.17) is 4.74 Å². The van der Waals surface area contributed by atoms with E-state index < -0.39 is 0 Å². The van der Waals surface area contributed by atoms with E-state index in [1.807, 2.05) is 0 Å². The van der Waals surface area contributed by atoms with Crippen molar-refractivity contribution in [1.29, 1.82) is 0 Å². The van der Waals surface area contributed by atoms with Crippen molar-refractivity contribution in [2.24, 2.45) is 0 Å². The van der Waals surface area contributed by atoms with E-state index >= 15 is 0 Å². The van der Waals surface area contributed by atoms with Gasteiger partial charge in [0.15, 0.2) is 0 Å². The van der Waals surface area contributed by atoms with E-state index in [1.54, 1.807) is 0 Å². The smallest absolute Gasteiger partial charge is 0.135 e. The monoisotopic (exact) mass is 659 g/mol. The number of rotatable bonds is 26. The molecule has 0 bridgehead atoms. The summed E-state index contributed by atoms with van der Waals surface area (Å²) in [6.07, 6.45) is 29.3. The summed E-state index contributed by atoms with van der Waals surface area (Å²) in [4.78, 5) is 0. The lowest BCUT2D eigenvalue weighted by Crippen LogP contribution is -1.98. The highest BCUT2D eigenvalue weighted by atomic mass is 16.5. The van der Waals surface area contributed by atoms with Gasteiger partial charge in [-0.05, 0) is 60.1 Å². The molecule has 0 heterocycles. The second kappa shape index (κ2) is 23.9. The highest BCUT2D eigenvalue weighted by Crippen LogP contribution is 2.42. The average Bonchev–Trinajstić information content (AvgIpc) is 3.14. The first kappa shape index (κ1) is 38.5. The van der Waals surface area contributed by atoms with Gasteiger partial charge in [-0.15, -0.1) is 0 Å². The molecular weight excluding hydrogens is 593 g/mol. The van der Waals surface area contributed by atoms with Gasteiger partial charge in [-0.25, -0.2) is 0 Å². The summed E-state index contributed by atoms with van der Waals surface area (Å²) in [7, 11) is 0. The molecule has 4 aromatic carbocycles. The number of benzene rings is 4. The zero-order valence-corrected chi connectivity index (χ0v) is 31.2. The van der Waals surface area contributed by atoms with Crippen LogP contribution in [0.5, 0.6) is 11.5 Å². The van der Waals surface area contributed by atoms with Crippen LogP contribution in [0.25, 0.3) is 22.3 Å². The maximum atomic E-state index is 7.03. The van der Waals surface area contributed by atoms with E-state index in [0.29, 0.717) is 0 Å². The molecule has 0 unspecified atom stereocenters. The van der Waals surface area contributed by atoms with Crippen molar-refractivity contribution in [3.05, 3.63) is 108 Å². The Morgan fingerprint density at radius 3 is 1.00 bits per heavy atom. The summed E-state index contributed by atoms with van der Waals surface area (Å²) in [5.74, 6) is 1.92. The highest BCUT2D eigenvalue weighted by molar-refractivity contribution is 5.78. The Morgan fingerprint density at radius 1 is 0.327 bits per heavy atom. The van der Waals surface area contributed by atoms with Crippen molar-refractivity contribution in [3.8, 4) is 33.8 Å². The molecule has 4 aromatic rings. The van der Waals surface area contributed by atoms with Crippen LogP contribution in [0.15, 0.2) is 97.1 Å². The second-order valence-electron chi connectivity index (χ2n) is 14.3. The molecule has 0 atom stereocenters. The van der Waals surface area contributed by atoms with Crippen LogP contribution in [-0.4, -0.2) is 0 Å². The second-order valence-corrected chi connectivity index (χ2v) is 14.3. The van der Waals surface area contributed by atoms with E-state index in [9.17, 15) is 0 Å². The van der Waals surface area contributed by atoms with E-state index in [1.165, 1.54) is 162 Å². The number of hydrogen-bond acceptors (Lipinski definition) is 1. The average molecular weight is 659 g/mol. The molecule has 0 saturated heterocycles. The molecule has 0 aliphatic carbocycles. The fourth-order valence-electron chi connectivity index (χ4n) is 7.33. The Kier molecular flexibility index (Phi) is 18.8. The molecule has 0 aliphatic rings. The maximum absolute atomic E-state index is 7.03. The summed E-state index contributed by atoms with van der Waals surface area (Å²) in [5, 5.41) is 0. The normalized spacial score (nSPS) is 11.2. The zero-order chi connectivity index (χ0) is 34.2. The Bertz CT molecular complexity index is 1300. The van der Waals surface area contributed by atoms with Crippen molar-refractivity contribution in [1.82, 2.24) is 0 Å². The first-order valence-electron chi connectivity index (χ1n) is 20.3. The van der Waals surface area contributed by atoms with Crippen LogP contribution in [0.3, 0.4) is 0 Å². The first-order valence-corrected chi connectivity index (χ1v) is 20.3. The fourth-order valence-corrected chi connectivity index (χ4v) is 7.33. The minimum atomic E-state index is 0.962. The van der Waals surface area contributed by atoms with Crippen LogP contribution in [0, 0.1) is 0 Å². The molecule has 1 nitrogen and oxygen atoms in total. The summed E-state index contributed by atoms with van der Waals surface area (Å²) >= 11 is 0. The van der Waals surface area contributed by atoms with E-state index in [-0.39, 0.29) is 0 Å². The predicted octanol–water partition coefficient (Wildman–Crippen LogP) is 15.7. The molecule has 4 rings (SSSR count). The lowest BCUT2D eigenvalue weighted by molar-refractivity contribution is 0.484. The third-order valence-corrected chi connectivity index (χ3v) is 10.2. The molecule has 0 N–H and O–H groups in total. The molecule has 1 heteroatoms. The molecule has 0 saturated carbocycles. The third-order valence-electron chi connectivity index (χ3n) is 10.2. The van der Waals surface area contributed by atoms with Crippen LogP contribution in [-0.2, 0) is 12.8 Å². The summed E-state index contributed by atoms with van der Waals surface area (Å²) < 4.78 is 7.03. The summed E-state index contributed by atoms with van der Waals surface area (Å²) in [5.41, 5.74) is 7.76. The third kappa shape index (κ3) is 13.8. The van der Waals surface area contributed by atoms with E-state index in [2.05, 4.69) is 111 Å². The molecule has 264 valence electrons. The van der Waals surface area contributed by atoms with Gasteiger partial charge in [0, 0.05) is 11.1 Å². The lowest BCUT2D eigenvalue weighted by atomic mass is 9.93. The van der Waals surface area contributed by atoms with Gasteiger partial charge in [-0.3, -0.25) is 0 Å². The van der Waals surface area contributed by atoms with Crippen LogP contribution in [0.1, 0.15) is 153 Å². The van der Waals surface area contributed by atoms with Crippen molar-refractivity contribution in [2.75, 3.05) is 0 Å². The van der Waals surface area contributed by atoms with Crippen molar-refractivity contribution < 1.29 is 4.74 Å². The Labute approximate surface area is 300 Å². The van der Waals surface area contributed by atoms with Gasteiger partial charge in [0.2, 0.25) is 0 Å². The van der Waals surface area contributed by atoms with Gasteiger partial charge >= 0.3 is 0 Å². The zero-order valence-electron chi connectivity index (χ0n) is 31.2. The minimum Gasteiger partial charge on any atom is -0.456 e. The van der Waals surface area contributed by atoms with Gasteiger partial charge < -0.3 is 4.74 Å². The molecule has 0 spiro atoms. The largest absolute Gasteiger partial charge is 0.456 e. The van der Waals surface area contributed by atoms with Crippen LogP contribution in [0.4, 0.5) is 0 Å². The number of aryl methyl sites for hydroxylation is 2. The standard InChI is InChI=1S/C48H66O/c1-3-5-7-9-11-13-15-17-19-23-31-43-37-29-39-45(47(43)41-33-25-21-26-34-41)49-46-40-30-38-44(48(46)42-35-27-22-28-36-42)32-24-20-18-16-14-12-10-8-6-4-2/h21-22,25-30,33-40H,3-20,23-24,31-32H2,1-2H3. The molecule has 49 heavy (non-hydrogen) atoms. The Hall–Kier alpha value is -3.32. The molecular formula is C48H66O. The predicted molar refractivity (Wildman–Crippen MR) is 215 cm³/mol. The first-order chi connectivity index (χ1) is 24.3. The summed E-state index contributed by atoms with van der Waals surface area (Å²) in [6.45, 7) is 4.59. The van der Waals surface area contributed by atoms with Gasteiger partial charge in [0.05, 0.1) is 0 Å². The van der Waals surface area contributed by atoms with Crippen LogP contribution in [0.2, 0.25) is 0 Å². The van der Waals surface area contributed by atoms with Gasteiger partial charge in [-0.2, -0.15) is 0 Å².